The molecule has 0 aliphatic carbocycles. The second kappa shape index (κ2) is 5.06. The molecule has 0 aliphatic rings. The van der Waals surface area contributed by atoms with Crippen molar-refractivity contribution < 1.29 is 14.6 Å². The fourth-order valence-corrected chi connectivity index (χ4v) is 1.73. The van der Waals surface area contributed by atoms with Gasteiger partial charge in [-0.2, -0.15) is 0 Å². The molecule has 0 radical (unpaired) electrons. The Morgan fingerprint density at radius 3 is 2.50 bits per heavy atom. The van der Waals surface area contributed by atoms with Gasteiger partial charge in [0, 0.05) is 6.04 Å². The highest BCUT2D eigenvalue weighted by molar-refractivity contribution is 5.97. The van der Waals surface area contributed by atoms with Crippen LogP contribution in [-0.4, -0.2) is 23.7 Å². The van der Waals surface area contributed by atoms with Crippen LogP contribution in [0.25, 0.3) is 10.8 Å². The first kappa shape index (κ1) is 12.4. The lowest BCUT2D eigenvalue weighted by Crippen LogP contribution is -2.24. The standard InChI is InChI=1S/C14H15NO3/c1-9(15)8-18-13-7-11-5-3-2-4-10(11)6-12(13)14(16)17/h2-7,9H,8,15H2,1H3,(H,16,17). The van der Waals surface area contributed by atoms with Crippen LogP contribution in [0.15, 0.2) is 36.4 Å². The number of hydrogen-bond acceptors (Lipinski definition) is 3. The Balaban J connectivity index is 2.47. The van der Waals surface area contributed by atoms with Gasteiger partial charge in [-0.25, -0.2) is 4.79 Å². The van der Waals surface area contributed by atoms with Gasteiger partial charge < -0.3 is 15.6 Å². The molecule has 0 fully saturated rings. The Kier molecular flexibility index (Phi) is 3.48. The summed E-state index contributed by atoms with van der Waals surface area (Å²) in [5.74, 6) is -0.640. The van der Waals surface area contributed by atoms with E-state index in [-0.39, 0.29) is 11.6 Å². The topological polar surface area (TPSA) is 72.5 Å². The lowest BCUT2D eigenvalue weighted by molar-refractivity contribution is 0.0692. The van der Waals surface area contributed by atoms with Crippen molar-refractivity contribution in [2.75, 3.05) is 6.61 Å². The van der Waals surface area contributed by atoms with Crippen LogP contribution >= 0.6 is 0 Å². The summed E-state index contributed by atoms with van der Waals surface area (Å²) in [6.07, 6.45) is 0. The Bertz CT molecular complexity index is 578. The maximum absolute atomic E-state index is 11.2. The molecule has 0 saturated heterocycles. The van der Waals surface area contributed by atoms with Crippen LogP contribution < -0.4 is 10.5 Å². The maximum Gasteiger partial charge on any atom is 0.339 e. The van der Waals surface area contributed by atoms with Crippen LogP contribution in [0, 0.1) is 0 Å². The van der Waals surface area contributed by atoms with Crippen molar-refractivity contribution in [3.63, 3.8) is 0 Å². The summed E-state index contributed by atoms with van der Waals surface area (Å²) >= 11 is 0. The van der Waals surface area contributed by atoms with Gasteiger partial charge in [-0.05, 0) is 29.8 Å². The van der Waals surface area contributed by atoms with Gasteiger partial charge >= 0.3 is 5.97 Å². The lowest BCUT2D eigenvalue weighted by atomic mass is 10.1. The highest BCUT2D eigenvalue weighted by Gasteiger charge is 2.13. The third-order valence-electron chi connectivity index (χ3n) is 2.58. The van der Waals surface area contributed by atoms with Crippen molar-refractivity contribution in [3.05, 3.63) is 42.0 Å². The van der Waals surface area contributed by atoms with E-state index in [1.807, 2.05) is 31.2 Å². The van der Waals surface area contributed by atoms with Crippen LogP contribution in [0.5, 0.6) is 5.75 Å². The molecule has 0 spiro atoms. The molecule has 3 N–H and O–H groups in total. The quantitative estimate of drug-likeness (QED) is 0.866. The molecule has 0 bridgehead atoms. The maximum atomic E-state index is 11.2. The minimum atomic E-state index is -1.000. The summed E-state index contributed by atoms with van der Waals surface area (Å²) in [4.78, 5) is 11.2. The molecule has 0 aliphatic heterocycles. The molecule has 0 amide bonds. The molecule has 94 valence electrons. The number of carboxylic acids is 1. The Morgan fingerprint density at radius 2 is 1.94 bits per heavy atom. The number of fused-ring (bicyclic) bond motifs is 1. The third-order valence-corrected chi connectivity index (χ3v) is 2.58. The number of hydrogen-bond donors (Lipinski definition) is 2. The molecule has 1 unspecified atom stereocenters. The fourth-order valence-electron chi connectivity index (χ4n) is 1.73. The third kappa shape index (κ3) is 2.60. The highest BCUT2D eigenvalue weighted by Crippen LogP contribution is 2.26. The zero-order valence-electron chi connectivity index (χ0n) is 10.1. The molecule has 0 heterocycles. The Morgan fingerprint density at radius 1 is 1.33 bits per heavy atom. The van der Waals surface area contributed by atoms with Crippen LogP contribution in [-0.2, 0) is 0 Å². The minimum Gasteiger partial charge on any atom is -0.491 e. The minimum absolute atomic E-state index is 0.141. The van der Waals surface area contributed by atoms with E-state index in [1.165, 1.54) is 0 Å². The van der Waals surface area contributed by atoms with Gasteiger partial charge in [0.25, 0.3) is 0 Å². The van der Waals surface area contributed by atoms with Gasteiger partial charge in [-0.3, -0.25) is 0 Å². The van der Waals surface area contributed by atoms with Gasteiger partial charge in [-0.15, -0.1) is 0 Å². The predicted molar refractivity (Wildman–Crippen MR) is 70.1 cm³/mol. The van der Waals surface area contributed by atoms with E-state index in [4.69, 9.17) is 10.5 Å². The highest BCUT2D eigenvalue weighted by atomic mass is 16.5. The molecular weight excluding hydrogens is 230 g/mol. The van der Waals surface area contributed by atoms with Crippen molar-refractivity contribution in [1.82, 2.24) is 0 Å². The molecule has 4 nitrogen and oxygen atoms in total. The monoisotopic (exact) mass is 245 g/mol. The van der Waals surface area contributed by atoms with Crippen molar-refractivity contribution in [1.29, 1.82) is 0 Å². The van der Waals surface area contributed by atoms with Crippen LogP contribution in [0.1, 0.15) is 17.3 Å². The number of carboxylic acid groups (broad SMARTS) is 1. The van der Waals surface area contributed by atoms with E-state index in [0.29, 0.717) is 12.4 Å². The molecule has 2 aromatic rings. The van der Waals surface area contributed by atoms with Gasteiger partial charge in [0.2, 0.25) is 0 Å². The smallest absolute Gasteiger partial charge is 0.339 e. The average Bonchev–Trinajstić information content (AvgIpc) is 2.35. The van der Waals surface area contributed by atoms with Crippen molar-refractivity contribution >= 4 is 16.7 Å². The van der Waals surface area contributed by atoms with Crippen molar-refractivity contribution in [2.24, 2.45) is 5.73 Å². The first-order valence-corrected chi connectivity index (χ1v) is 5.72. The molecule has 0 aromatic heterocycles. The van der Waals surface area contributed by atoms with E-state index in [1.54, 1.807) is 12.1 Å². The average molecular weight is 245 g/mol. The van der Waals surface area contributed by atoms with E-state index >= 15 is 0 Å². The van der Waals surface area contributed by atoms with Gasteiger partial charge in [0.05, 0.1) is 0 Å². The normalized spacial score (nSPS) is 12.3. The Hall–Kier alpha value is -2.07. The molecule has 2 rings (SSSR count). The number of ether oxygens (including phenoxy) is 1. The zero-order valence-corrected chi connectivity index (χ0v) is 10.1. The van der Waals surface area contributed by atoms with E-state index < -0.39 is 5.97 Å². The van der Waals surface area contributed by atoms with Gasteiger partial charge in [-0.1, -0.05) is 24.3 Å². The molecule has 2 aromatic carbocycles. The SMILES string of the molecule is CC(N)COc1cc2ccccc2cc1C(=O)O. The lowest BCUT2D eigenvalue weighted by Gasteiger charge is -2.12. The van der Waals surface area contributed by atoms with Crippen LogP contribution in [0.4, 0.5) is 0 Å². The summed E-state index contributed by atoms with van der Waals surface area (Å²) in [5, 5.41) is 11.0. The fraction of sp³-hybridized carbons (Fsp3) is 0.214. The predicted octanol–water partition coefficient (Wildman–Crippen LogP) is 2.26. The number of benzene rings is 2. The first-order valence-electron chi connectivity index (χ1n) is 5.72. The summed E-state index contributed by atoms with van der Waals surface area (Å²) in [6.45, 7) is 2.10. The summed E-state index contributed by atoms with van der Waals surface area (Å²) in [5.41, 5.74) is 5.77. The summed E-state index contributed by atoms with van der Waals surface area (Å²) < 4.78 is 5.46. The zero-order chi connectivity index (χ0) is 13.1. The van der Waals surface area contributed by atoms with Crippen molar-refractivity contribution in [2.45, 2.75) is 13.0 Å². The van der Waals surface area contributed by atoms with E-state index in [9.17, 15) is 9.90 Å². The molecule has 4 heteroatoms. The summed E-state index contributed by atoms with van der Waals surface area (Å²) in [7, 11) is 0. The number of rotatable bonds is 4. The number of aromatic carboxylic acids is 1. The molecule has 18 heavy (non-hydrogen) atoms. The molecular formula is C14H15NO3. The number of nitrogens with two attached hydrogens (primary N) is 1. The van der Waals surface area contributed by atoms with E-state index in [0.717, 1.165) is 10.8 Å². The molecule has 0 saturated carbocycles. The second-order valence-electron chi connectivity index (χ2n) is 4.29. The van der Waals surface area contributed by atoms with Crippen LogP contribution in [0.3, 0.4) is 0 Å². The number of carbonyl (C=O) groups is 1. The first-order chi connectivity index (χ1) is 8.58. The Labute approximate surface area is 105 Å². The molecule has 1 atom stereocenters. The van der Waals surface area contributed by atoms with Crippen molar-refractivity contribution in [3.8, 4) is 5.75 Å². The second-order valence-corrected chi connectivity index (χ2v) is 4.29. The largest absolute Gasteiger partial charge is 0.491 e. The van der Waals surface area contributed by atoms with Gasteiger partial charge in [0.1, 0.15) is 17.9 Å². The van der Waals surface area contributed by atoms with Crippen LogP contribution in [0.2, 0.25) is 0 Å². The van der Waals surface area contributed by atoms with E-state index in [2.05, 4.69) is 0 Å². The summed E-state index contributed by atoms with van der Waals surface area (Å²) in [6, 6.07) is 10.8. The van der Waals surface area contributed by atoms with Gasteiger partial charge in [0.15, 0.2) is 0 Å².